The van der Waals surface area contributed by atoms with Crippen LogP contribution in [0, 0.1) is 18.6 Å². The van der Waals surface area contributed by atoms with Gasteiger partial charge < -0.3 is 10.1 Å². The van der Waals surface area contributed by atoms with E-state index in [0.29, 0.717) is 5.69 Å². The zero-order valence-corrected chi connectivity index (χ0v) is 12.5. The van der Waals surface area contributed by atoms with E-state index in [4.69, 9.17) is 0 Å². The first-order chi connectivity index (χ1) is 10.9. The molecular formula is C16H14F2N2O3. The van der Waals surface area contributed by atoms with E-state index in [1.165, 1.54) is 12.3 Å². The lowest BCUT2D eigenvalue weighted by Crippen LogP contribution is -2.35. The van der Waals surface area contributed by atoms with Crippen LogP contribution in [0.25, 0.3) is 0 Å². The molecule has 1 aromatic heterocycles. The van der Waals surface area contributed by atoms with Gasteiger partial charge in [0.15, 0.2) is 6.04 Å². The van der Waals surface area contributed by atoms with E-state index in [2.05, 4.69) is 15.0 Å². The topological polar surface area (TPSA) is 68.3 Å². The molecule has 1 aromatic carbocycles. The molecular weight excluding hydrogens is 306 g/mol. The molecule has 1 amide bonds. The Morgan fingerprint density at radius 3 is 2.57 bits per heavy atom. The largest absolute Gasteiger partial charge is 0.467 e. The summed E-state index contributed by atoms with van der Waals surface area (Å²) in [4.78, 5) is 28.0. The number of carbonyl (C=O) groups is 2. The Bertz CT molecular complexity index is 733. The van der Waals surface area contributed by atoms with Gasteiger partial charge in [-0.3, -0.25) is 9.78 Å². The fourth-order valence-electron chi connectivity index (χ4n) is 1.93. The molecule has 2 aromatic rings. The molecule has 1 heterocycles. The van der Waals surface area contributed by atoms with Crippen molar-refractivity contribution in [3.8, 4) is 0 Å². The summed E-state index contributed by atoms with van der Waals surface area (Å²) in [6, 6.07) is 4.28. The summed E-state index contributed by atoms with van der Waals surface area (Å²) in [6.45, 7) is 1.75. The van der Waals surface area contributed by atoms with Crippen LogP contribution in [-0.4, -0.2) is 24.0 Å². The van der Waals surface area contributed by atoms with Gasteiger partial charge in [-0.2, -0.15) is 0 Å². The van der Waals surface area contributed by atoms with Crippen molar-refractivity contribution in [2.24, 2.45) is 0 Å². The molecule has 0 saturated carbocycles. The number of rotatable bonds is 4. The van der Waals surface area contributed by atoms with Gasteiger partial charge in [0.25, 0.3) is 5.91 Å². The maximum absolute atomic E-state index is 13.9. The minimum Gasteiger partial charge on any atom is -0.467 e. The summed E-state index contributed by atoms with van der Waals surface area (Å²) in [7, 11) is 1.09. The lowest BCUT2D eigenvalue weighted by molar-refractivity contribution is -0.143. The highest BCUT2D eigenvalue weighted by Gasteiger charge is 2.27. The van der Waals surface area contributed by atoms with Crippen LogP contribution in [0.15, 0.2) is 36.5 Å². The number of ether oxygens (including phenoxy) is 1. The molecule has 7 heteroatoms. The summed E-state index contributed by atoms with van der Waals surface area (Å²) >= 11 is 0. The van der Waals surface area contributed by atoms with Crippen molar-refractivity contribution in [3.05, 3.63) is 65.0 Å². The van der Waals surface area contributed by atoms with Gasteiger partial charge in [-0.25, -0.2) is 13.6 Å². The number of pyridine rings is 1. The molecule has 1 N–H and O–H groups in total. The van der Waals surface area contributed by atoms with Crippen molar-refractivity contribution in [1.82, 2.24) is 10.3 Å². The van der Waals surface area contributed by atoms with Crippen molar-refractivity contribution >= 4 is 11.9 Å². The molecule has 0 spiro atoms. The number of esters is 1. The Morgan fingerprint density at radius 1 is 1.22 bits per heavy atom. The SMILES string of the molecule is COC(=O)[C@@H](NC(=O)c1ccc(C)nc1)c1cc(F)ccc1F. The van der Waals surface area contributed by atoms with Gasteiger partial charge in [0.05, 0.1) is 12.7 Å². The number of nitrogens with one attached hydrogen (secondary N) is 1. The van der Waals surface area contributed by atoms with Gasteiger partial charge in [-0.1, -0.05) is 0 Å². The van der Waals surface area contributed by atoms with Crippen LogP contribution >= 0.6 is 0 Å². The van der Waals surface area contributed by atoms with Crippen LogP contribution in [0.2, 0.25) is 0 Å². The number of aromatic nitrogens is 1. The van der Waals surface area contributed by atoms with E-state index >= 15 is 0 Å². The molecule has 23 heavy (non-hydrogen) atoms. The monoisotopic (exact) mass is 320 g/mol. The average molecular weight is 320 g/mol. The van der Waals surface area contributed by atoms with Gasteiger partial charge in [0, 0.05) is 17.5 Å². The zero-order valence-electron chi connectivity index (χ0n) is 12.5. The summed E-state index contributed by atoms with van der Waals surface area (Å²) < 4.78 is 31.8. The number of amides is 1. The number of hydrogen-bond donors (Lipinski definition) is 1. The number of nitrogens with zero attached hydrogens (tertiary/aromatic N) is 1. The Balaban J connectivity index is 2.32. The number of aryl methyl sites for hydroxylation is 1. The zero-order chi connectivity index (χ0) is 17.0. The van der Waals surface area contributed by atoms with Crippen LogP contribution in [0.5, 0.6) is 0 Å². The van der Waals surface area contributed by atoms with Crippen LogP contribution in [0.1, 0.15) is 27.7 Å². The van der Waals surface area contributed by atoms with Crippen molar-refractivity contribution in [2.45, 2.75) is 13.0 Å². The number of hydrogen-bond acceptors (Lipinski definition) is 4. The first-order valence-corrected chi connectivity index (χ1v) is 6.68. The normalized spacial score (nSPS) is 11.7. The lowest BCUT2D eigenvalue weighted by Gasteiger charge is -2.17. The van der Waals surface area contributed by atoms with Crippen LogP contribution in [0.3, 0.4) is 0 Å². The molecule has 0 unspecified atom stereocenters. The van der Waals surface area contributed by atoms with E-state index in [1.54, 1.807) is 13.0 Å². The van der Waals surface area contributed by atoms with Crippen molar-refractivity contribution < 1.29 is 23.1 Å². The van der Waals surface area contributed by atoms with E-state index in [9.17, 15) is 18.4 Å². The number of carbonyl (C=O) groups excluding carboxylic acids is 2. The molecule has 0 aliphatic carbocycles. The van der Waals surface area contributed by atoms with Gasteiger partial charge in [-0.05, 0) is 37.3 Å². The minimum absolute atomic E-state index is 0.182. The van der Waals surface area contributed by atoms with E-state index < -0.39 is 29.6 Å². The summed E-state index contributed by atoms with van der Waals surface area (Å²) in [5.74, 6) is -3.13. The molecule has 0 bridgehead atoms. The smallest absolute Gasteiger partial charge is 0.333 e. The first-order valence-electron chi connectivity index (χ1n) is 6.68. The molecule has 0 fully saturated rings. The first kappa shape index (κ1) is 16.5. The van der Waals surface area contributed by atoms with Crippen LogP contribution in [-0.2, 0) is 9.53 Å². The molecule has 2 rings (SSSR count). The van der Waals surface area contributed by atoms with Crippen molar-refractivity contribution in [2.75, 3.05) is 7.11 Å². The molecule has 0 saturated heterocycles. The Morgan fingerprint density at radius 2 is 1.96 bits per heavy atom. The third-order valence-electron chi connectivity index (χ3n) is 3.15. The Labute approximate surface area is 131 Å². The summed E-state index contributed by atoms with van der Waals surface area (Å²) in [5.41, 5.74) is 0.578. The summed E-state index contributed by atoms with van der Waals surface area (Å²) in [6.07, 6.45) is 1.32. The predicted octanol–water partition coefficient (Wildman–Crippen LogP) is 2.31. The van der Waals surface area contributed by atoms with Crippen LogP contribution in [0.4, 0.5) is 8.78 Å². The second-order valence-electron chi connectivity index (χ2n) is 4.78. The summed E-state index contributed by atoms with van der Waals surface area (Å²) in [5, 5.41) is 2.33. The predicted molar refractivity (Wildman–Crippen MR) is 77.6 cm³/mol. The maximum atomic E-state index is 13.9. The van der Waals surface area contributed by atoms with E-state index in [1.807, 2.05) is 0 Å². The molecule has 1 atom stereocenters. The highest BCUT2D eigenvalue weighted by atomic mass is 19.1. The minimum atomic E-state index is -1.47. The molecule has 5 nitrogen and oxygen atoms in total. The average Bonchev–Trinajstić information content (AvgIpc) is 2.54. The Kier molecular flexibility index (Phi) is 5.00. The fraction of sp³-hybridized carbons (Fsp3) is 0.188. The number of methoxy groups -OCH3 is 1. The van der Waals surface area contributed by atoms with Gasteiger partial charge in [0.2, 0.25) is 0 Å². The van der Waals surface area contributed by atoms with Gasteiger partial charge >= 0.3 is 5.97 Å². The van der Waals surface area contributed by atoms with Crippen LogP contribution < -0.4 is 5.32 Å². The molecule has 0 radical (unpaired) electrons. The van der Waals surface area contributed by atoms with E-state index in [-0.39, 0.29) is 11.1 Å². The quantitative estimate of drug-likeness (QED) is 0.878. The maximum Gasteiger partial charge on any atom is 0.333 e. The second-order valence-corrected chi connectivity index (χ2v) is 4.78. The fourth-order valence-corrected chi connectivity index (χ4v) is 1.93. The standard InChI is InChI=1S/C16H14F2N2O3/c1-9-3-4-10(8-19-9)15(21)20-14(16(22)23-2)12-7-11(17)5-6-13(12)18/h3-8,14H,1-2H3,(H,20,21)/t14-/m0/s1. The van der Waals surface area contributed by atoms with Crippen molar-refractivity contribution in [1.29, 1.82) is 0 Å². The highest BCUT2D eigenvalue weighted by Crippen LogP contribution is 2.20. The Hall–Kier alpha value is -2.83. The van der Waals surface area contributed by atoms with Gasteiger partial charge in [0.1, 0.15) is 11.6 Å². The molecule has 0 aliphatic heterocycles. The molecule has 120 valence electrons. The third-order valence-corrected chi connectivity index (χ3v) is 3.15. The highest BCUT2D eigenvalue weighted by molar-refractivity contribution is 5.96. The second kappa shape index (κ2) is 6.95. The number of halogens is 2. The lowest BCUT2D eigenvalue weighted by atomic mass is 10.1. The van der Waals surface area contributed by atoms with Crippen molar-refractivity contribution in [3.63, 3.8) is 0 Å². The van der Waals surface area contributed by atoms with Gasteiger partial charge in [-0.15, -0.1) is 0 Å². The number of benzene rings is 1. The third kappa shape index (κ3) is 3.88. The molecule has 0 aliphatic rings. The van der Waals surface area contributed by atoms with E-state index in [0.717, 1.165) is 25.3 Å².